The highest BCUT2D eigenvalue weighted by atomic mass is 35.5. The van der Waals surface area contributed by atoms with Crippen LogP contribution >= 0.6 is 11.6 Å². The molecule has 0 bridgehead atoms. The van der Waals surface area contributed by atoms with Crippen LogP contribution < -0.4 is 5.14 Å². The van der Waals surface area contributed by atoms with E-state index in [4.69, 9.17) is 16.7 Å². The van der Waals surface area contributed by atoms with Crippen molar-refractivity contribution in [2.24, 2.45) is 5.14 Å². The first-order valence-electron chi connectivity index (χ1n) is 6.16. The zero-order valence-electron chi connectivity index (χ0n) is 10.8. The second-order valence-electron chi connectivity index (χ2n) is 4.63. The van der Waals surface area contributed by atoms with Crippen LogP contribution in [0.3, 0.4) is 0 Å². The van der Waals surface area contributed by atoms with Crippen LogP contribution in [0.15, 0.2) is 24.3 Å². The minimum Gasteiger partial charge on any atom is -0.340 e. The Labute approximate surface area is 123 Å². The fourth-order valence-electron chi connectivity index (χ4n) is 2.13. The van der Waals surface area contributed by atoms with Gasteiger partial charge in [0.25, 0.3) is 10.2 Å². The Balaban J connectivity index is 1.92. The zero-order chi connectivity index (χ0) is 14.8. The summed E-state index contributed by atoms with van der Waals surface area (Å²) < 4.78 is 23.5. The highest BCUT2D eigenvalue weighted by Gasteiger charge is 2.26. The lowest BCUT2D eigenvalue weighted by Gasteiger charge is -2.33. The zero-order valence-corrected chi connectivity index (χ0v) is 12.4. The summed E-state index contributed by atoms with van der Waals surface area (Å²) in [5, 5.41) is 5.64. The number of carbonyl (C=O) groups is 1. The van der Waals surface area contributed by atoms with Gasteiger partial charge in [-0.1, -0.05) is 23.7 Å². The summed E-state index contributed by atoms with van der Waals surface area (Å²) in [6.45, 7) is 1.19. The summed E-state index contributed by atoms with van der Waals surface area (Å²) in [6, 6.07) is 7.13. The summed E-state index contributed by atoms with van der Waals surface area (Å²) in [7, 11) is -3.66. The first-order valence-corrected chi connectivity index (χ1v) is 8.04. The van der Waals surface area contributed by atoms with Crippen LogP contribution in [0.1, 0.15) is 5.56 Å². The van der Waals surface area contributed by atoms with Gasteiger partial charge in [-0.15, -0.1) is 0 Å². The van der Waals surface area contributed by atoms with E-state index in [0.29, 0.717) is 18.1 Å². The number of carbonyl (C=O) groups excluding carboxylic acids is 1. The Morgan fingerprint density at radius 3 is 2.45 bits per heavy atom. The van der Waals surface area contributed by atoms with Crippen LogP contribution in [0.25, 0.3) is 0 Å². The van der Waals surface area contributed by atoms with Crippen LogP contribution in [-0.4, -0.2) is 49.7 Å². The first-order chi connectivity index (χ1) is 9.36. The molecule has 0 atom stereocenters. The van der Waals surface area contributed by atoms with Gasteiger partial charge in [0.05, 0.1) is 6.42 Å². The minimum atomic E-state index is -3.66. The standard InChI is InChI=1S/C12H16ClN3O3S/c13-11-3-1-2-10(8-11)9-12(17)15-4-6-16(7-5-15)20(14,18)19/h1-3,8H,4-7,9H2,(H2,14,18,19). The summed E-state index contributed by atoms with van der Waals surface area (Å²) in [4.78, 5) is 13.8. The van der Waals surface area contributed by atoms with Gasteiger partial charge in [-0.05, 0) is 17.7 Å². The van der Waals surface area contributed by atoms with Gasteiger partial charge in [0.2, 0.25) is 5.91 Å². The molecule has 6 nitrogen and oxygen atoms in total. The molecule has 1 fully saturated rings. The molecule has 0 unspecified atom stereocenters. The van der Waals surface area contributed by atoms with Crippen molar-refractivity contribution in [1.29, 1.82) is 0 Å². The highest BCUT2D eigenvalue weighted by Crippen LogP contribution is 2.13. The Hall–Kier alpha value is -1.15. The summed E-state index contributed by atoms with van der Waals surface area (Å²) in [5.74, 6) is -0.0404. The molecular weight excluding hydrogens is 302 g/mol. The summed E-state index contributed by atoms with van der Waals surface area (Å²) >= 11 is 5.87. The average Bonchev–Trinajstić information content (AvgIpc) is 2.38. The number of nitrogens with two attached hydrogens (primary N) is 1. The topological polar surface area (TPSA) is 83.7 Å². The Kier molecular flexibility index (Phi) is 4.64. The fourth-order valence-corrected chi connectivity index (χ4v) is 3.01. The van der Waals surface area contributed by atoms with Crippen molar-refractivity contribution in [2.75, 3.05) is 26.2 Å². The number of piperazine rings is 1. The van der Waals surface area contributed by atoms with E-state index in [9.17, 15) is 13.2 Å². The molecule has 2 N–H and O–H groups in total. The molecule has 0 spiro atoms. The first kappa shape index (κ1) is 15.2. The molecule has 0 saturated carbocycles. The SMILES string of the molecule is NS(=O)(=O)N1CCN(C(=O)Cc2cccc(Cl)c2)CC1. The van der Waals surface area contributed by atoms with Crippen molar-refractivity contribution < 1.29 is 13.2 Å². The molecule has 8 heteroatoms. The van der Waals surface area contributed by atoms with E-state index in [2.05, 4.69) is 0 Å². The van der Waals surface area contributed by atoms with Crippen LogP contribution in [0.2, 0.25) is 5.02 Å². The van der Waals surface area contributed by atoms with Gasteiger partial charge in [-0.3, -0.25) is 4.79 Å². The van der Waals surface area contributed by atoms with Gasteiger partial charge < -0.3 is 4.90 Å². The molecule has 1 heterocycles. The molecule has 2 rings (SSSR count). The molecule has 110 valence electrons. The number of nitrogens with zero attached hydrogens (tertiary/aromatic N) is 2. The van der Waals surface area contributed by atoms with E-state index in [-0.39, 0.29) is 25.4 Å². The van der Waals surface area contributed by atoms with Crippen LogP contribution in [0.5, 0.6) is 0 Å². The van der Waals surface area contributed by atoms with E-state index in [0.717, 1.165) is 5.56 Å². The van der Waals surface area contributed by atoms with E-state index >= 15 is 0 Å². The Morgan fingerprint density at radius 2 is 1.90 bits per heavy atom. The van der Waals surface area contributed by atoms with Crippen molar-refractivity contribution in [2.45, 2.75) is 6.42 Å². The molecule has 1 saturated heterocycles. The van der Waals surface area contributed by atoms with Crippen molar-refractivity contribution in [3.8, 4) is 0 Å². The molecule has 0 radical (unpaired) electrons. The van der Waals surface area contributed by atoms with Crippen LogP contribution in [0.4, 0.5) is 0 Å². The second kappa shape index (κ2) is 6.09. The highest BCUT2D eigenvalue weighted by molar-refractivity contribution is 7.86. The third kappa shape index (κ3) is 3.92. The maximum Gasteiger partial charge on any atom is 0.277 e. The quantitative estimate of drug-likeness (QED) is 0.866. The van der Waals surface area contributed by atoms with Gasteiger partial charge in [0, 0.05) is 31.2 Å². The predicted molar refractivity (Wildman–Crippen MR) is 76.4 cm³/mol. The second-order valence-corrected chi connectivity index (χ2v) is 6.61. The lowest BCUT2D eigenvalue weighted by molar-refractivity contribution is -0.131. The predicted octanol–water partition coefficient (Wildman–Crippen LogP) is 0.230. The molecule has 0 aliphatic carbocycles. The number of halogens is 1. The van der Waals surface area contributed by atoms with Gasteiger partial charge in [-0.25, -0.2) is 5.14 Å². The third-order valence-electron chi connectivity index (χ3n) is 3.20. The van der Waals surface area contributed by atoms with E-state index in [1.165, 1.54) is 4.31 Å². The van der Waals surface area contributed by atoms with Crippen molar-refractivity contribution in [3.05, 3.63) is 34.9 Å². The van der Waals surface area contributed by atoms with Crippen molar-refractivity contribution in [3.63, 3.8) is 0 Å². The van der Waals surface area contributed by atoms with Crippen LogP contribution in [0, 0.1) is 0 Å². The van der Waals surface area contributed by atoms with Gasteiger partial charge in [0.15, 0.2) is 0 Å². The van der Waals surface area contributed by atoms with Crippen molar-refractivity contribution in [1.82, 2.24) is 9.21 Å². The lowest BCUT2D eigenvalue weighted by Crippen LogP contribution is -2.52. The number of hydrogen-bond donors (Lipinski definition) is 1. The molecule has 1 aliphatic heterocycles. The van der Waals surface area contributed by atoms with Gasteiger partial charge in [0.1, 0.15) is 0 Å². The molecule has 20 heavy (non-hydrogen) atoms. The maximum atomic E-state index is 12.1. The molecule has 1 aromatic carbocycles. The van der Waals surface area contributed by atoms with Crippen molar-refractivity contribution >= 4 is 27.7 Å². The smallest absolute Gasteiger partial charge is 0.277 e. The van der Waals surface area contributed by atoms with Gasteiger partial charge in [-0.2, -0.15) is 12.7 Å². The fraction of sp³-hybridized carbons (Fsp3) is 0.417. The Morgan fingerprint density at radius 1 is 1.25 bits per heavy atom. The molecular formula is C12H16ClN3O3S. The normalized spacial score (nSPS) is 17.2. The van der Waals surface area contributed by atoms with E-state index < -0.39 is 10.2 Å². The molecule has 1 aliphatic rings. The van der Waals surface area contributed by atoms with E-state index in [1.807, 2.05) is 6.07 Å². The number of rotatable bonds is 3. The number of benzene rings is 1. The molecule has 1 aromatic rings. The average molecular weight is 318 g/mol. The number of amides is 1. The molecule has 0 aromatic heterocycles. The number of hydrogen-bond acceptors (Lipinski definition) is 3. The van der Waals surface area contributed by atoms with E-state index in [1.54, 1.807) is 23.1 Å². The molecule has 1 amide bonds. The lowest BCUT2D eigenvalue weighted by atomic mass is 10.1. The third-order valence-corrected chi connectivity index (χ3v) is 4.52. The van der Waals surface area contributed by atoms with Gasteiger partial charge >= 0.3 is 0 Å². The summed E-state index contributed by atoms with van der Waals surface area (Å²) in [6.07, 6.45) is 0.260. The minimum absolute atomic E-state index is 0.0404. The maximum absolute atomic E-state index is 12.1. The van der Waals surface area contributed by atoms with Crippen LogP contribution in [-0.2, 0) is 21.4 Å². The Bertz CT molecular complexity index is 598. The summed E-state index contributed by atoms with van der Waals surface area (Å²) in [5.41, 5.74) is 0.844. The monoisotopic (exact) mass is 317 g/mol. The largest absolute Gasteiger partial charge is 0.340 e.